The van der Waals surface area contributed by atoms with E-state index in [9.17, 15) is 0 Å². The van der Waals surface area contributed by atoms with Crippen LogP contribution in [0.5, 0.6) is 0 Å². The third-order valence-corrected chi connectivity index (χ3v) is 4.63. The third kappa shape index (κ3) is 2.87. The van der Waals surface area contributed by atoms with Crippen LogP contribution in [0, 0.1) is 6.92 Å². The van der Waals surface area contributed by atoms with Crippen molar-refractivity contribution in [2.24, 2.45) is 0 Å². The van der Waals surface area contributed by atoms with Gasteiger partial charge in [-0.25, -0.2) is 4.98 Å². The molecule has 0 radical (unpaired) electrons. The SMILES string of the molecule is Cc1cccc(-c2nc3cc(Cl)ccc3n2CC2CCCO2)c1. The molecule has 1 aliphatic heterocycles. The Hall–Kier alpha value is -1.84. The molecule has 1 fully saturated rings. The van der Waals surface area contributed by atoms with Crippen LogP contribution in [0.4, 0.5) is 0 Å². The number of fused-ring (bicyclic) bond motifs is 1. The van der Waals surface area contributed by atoms with E-state index in [1.807, 2.05) is 12.1 Å². The van der Waals surface area contributed by atoms with Gasteiger partial charge in [0.05, 0.1) is 23.7 Å². The summed E-state index contributed by atoms with van der Waals surface area (Å²) < 4.78 is 8.11. The molecule has 0 saturated carbocycles. The summed E-state index contributed by atoms with van der Waals surface area (Å²) in [6.07, 6.45) is 2.52. The van der Waals surface area contributed by atoms with Gasteiger partial charge in [-0.1, -0.05) is 35.4 Å². The molecule has 4 rings (SSSR count). The fourth-order valence-electron chi connectivity index (χ4n) is 3.28. The number of hydrogen-bond acceptors (Lipinski definition) is 2. The van der Waals surface area contributed by atoms with Crippen LogP contribution in [0.25, 0.3) is 22.4 Å². The second kappa shape index (κ2) is 5.99. The minimum Gasteiger partial charge on any atom is -0.376 e. The average Bonchev–Trinajstić information content (AvgIpc) is 3.16. The summed E-state index contributed by atoms with van der Waals surface area (Å²) in [6, 6.07) is 14.4. The van der Waals surface area contributed by atoms with Crippen LogP contribution in [-0.4, -0.2) is 22.3 Å². The number of aryl methyl sites for hydroxylation is 1. The van der Waals surface area contributed by atoms with Gasteiger partial charge in [0.15, 0.2) is 0 Å². The van der Waals surface area contributed by atoms with E-state index in [2.05, 4.69) is 41.8 Å². The van der Waals surface area contributed by atoms with E-state index >= 15 is 0 Å². The van der Waals surface area contributed by atoms with E-state index < -0.39 is 0 Å². The van der Waals surface area contributed by atoms with Crippen molar-refractivity contribution in [2.75, 3.05) is 6.61 Å². The summed E-state index contributed by atoms with van der Waals surface area (Å²) in [7, 11) is 0. The van der Waals surface area contributed by atoms with E-state index in [1.54, 1.807) is 0 Å². The number of hydrogen-bond donors (Lipinski definition) is 0. The highest BCUT2D eigenvalue weighted by atomic mass is 35.5. The van der Waals surface area contributed by atoms with E-state index in [-0.39, 0.29) is 6.10 Å². The van der Waals surface area contributed by atoms with Gasteiger partial charge >= 0.3 is 0 Å². The van der Waals surface area contributed by atoms with Crippen molar-refractivity contribution in [2.45, 2.75) is 32.4 Å². The van der Waals surface area contributed by atoms with E-state index in [4.69, 9.17) is 21.3 Å². The van der Waals surface area contributed by atoms with E-state index in [1.165, 1.54) is 5.56 Å². The number of aromatic nitrogens is 2. The maximum Gasteiger partial charge on any atom is 0.141 e. The van der Waals surface area contributed by atoms with Crippen LogP contribution in [-0.2, 0) is 11.3 Å². The van der Waals surface area contributed by atoms with Gasteiger partial charge in [0.2, 0.25) is 0 Å². The van der Waals surface area contributed by atoms with Crippen LogP contribution < -0.4 is 0 Å². The number of benzene rings is 2. The number of ether oxygens (including phenoxy) is 1. The molecule has 1 unspecified atom stereocenters. The lowest BCUT2D eigenvalue weighted by molar-refractivity contribution is 0.0982. The summed E-state index contributed by atoms with van der Waals surface area (Å²) in [5.74, 6) is 0.987. The van der Waals surface area contributed by atoms with Gasteiger partial charge in [0, 0.05) is 17.2 Å². The Morgan fingerprint density at radius 3 is 2.96 bits per heavy atom. The molecule has 118 valence electrons. The van der Waals surface area contributed by atoms with Crippen LogP contribution in [0.1, 0.15) is 18.4 Å². The number of nitrogens with zero attached hydrogens (tertiary/aromatic N) is 2. The molecule has 0 amide bonds. The first kappa shape index (κ1) is 14.7. The molecule has 1 aliphatic rings. The van der Waals surface area contributed by atoms with Gasteiger partial charge in [-0.05, 0) is 44.0 Å². The fraction of sp³-hybridized carbons (Fsp3) is 0.316. The second-order valence-corrected chi connectivity index (χ2v) is 6.62. The predicted molar refractivity (Wildman–Crippen MR) is 93.9 cm³/mol. The lowest BCUT2D eigenvalue weighted by Crippen LogP contribution is -2.15. The number of halogens is 1. The Kier molecular flexibility index (Phi) is 3.83. The van der Waals surface area contributed by atoms with Gasteiger partial charge in [-0.15, -0.1) is 0 Å². The lowest BCUT2D eigenvalue weighted by atomic mass is 10.1. The Bertz CT molecular complexity index is 850. The molecule has 2 aromatic carbocycles. The summed E-state index contributed by atoms with van der Waals surface area (Å²) in [4.78, 5) is 4.85. The molecular formula is C19H19ClN2O. The molecular weight excluding hydrogens is 308 g/mol. The minimum absolute atomic E-state index is 0.270. The molecule has 1 aromatic heterocycles. The maximum absolute atomic E-state index is 6.15. The summed E-state index contributed by atoms with van der Waals surface area (Å²) in [5, 5.41) is 0.718. The molecule has 2 heterocycles. The topological polar surface area (TPSA) is 27.1 Å². The summed E-state index contributed by atoms with van der Waals surface area (Å²) in [6.45, 7) is 3.80. The molecule has 0 spiro atoms. The lowest BCUT2D eigenvalue weighted by Gasteiger charge is -2.14. The van der Waals surface area contributed by atoms with Crippen molar-refractivity contribution >= 4 is 22.6 Å². The molecule has 0 aliphatic carbocycles. The summed E-state index contributed by atoms with van der Waals surface area (Å²) in [5.41, 5.74) is 4.42. The molecule has 0 bridgehead atoms. The standard InChI is InChI=1S/C19H19ClN2O/c1-13-4-2-5-14(10-13)19-21-17-11-15(20)7-8-18(17)22(19)12-16-6-3-9-23-16/h2,4-5,7-8,10-11,16H,3,6,9,12H2,1H3. The Morgan fingerprint density at radius 2 is 2.17 bits per heavy atom. The molecule has 1 saturated heterocycles. The Morgan fingerprint density at radius 1 is 1.26 bits per heavy atom. The van der Waals surface area contributed by atoms with Crippen LogP contribution in [0.15, 0.2) is 42.5 Å². The van der Waals surface area contributed by atoms with Crippen molar-refractivity contribution in [3.63, 3.8) is 0 Å². The zero-order chi connectivity index (χ0) is 15.8. The van der Waals surface area contributed by atoms with Crippen molar-refractivity contribution in [3.05, 3.63) is 53.1 Å². The number of imidazole rings is 1. The first-order chi connectivity index (χ1) is 11.2. The minimum atomic E-state index is 0.270. The van der Waals surface area contributed by atoms with Crippen molar-refractivity contribution in [3.8, 4) is 11.4 Å². The quantitative estimate of drug-likeness (QED) is 0.688. The van der Waals surface area contributed by atoms with Gasteiger partial charge in [0.25, 0.3) is 0 Å². The first-order valence-electron chi connectivity index (χ1n) is 8.05. The molecule has 23 heavy (non-hydrogen) atoms. The highest BCUT2D eigenvalue weighted by Crippen LogP contribution is 2.29. The highest BCUT2D eigenvalue weighted by molar-refractivity contribution is 6.31. The predicted octanol–water partition coefficient (Wildman–Crippen LogP) is 4.84. The fourth-order valence-corrected chi connectivity index (χ4v) is 3.45. The van der Waals surface area contributed by atoms with Crippen molar-refractivity contribution in [1.29, 1.82) is 0 Å². The molecule has 4 heteroatoms. The van der Waals surface area contributed by atoms with Crippen LogP contribution in [0.3, 0.4) is 0 Å². The Labute approximate surface area is 140 Å². The van der Waals surface area contributed by atoms with Gasteiger partial charge in [0.1, 0.15) is 5.82 Å². The van der Waals surface area contributed by atoms with E-state index in [0.29, 0.717) is 0 Å². The van der Waals surface area contributed by atoms with Crippen LogP contribution >= 0.6 is 11.6 Å². The third-order valence-electron chi connectivity index (χ3n) is 4.40. The van der Waals surface area contributed by atoms with Gasteiger partial charge < -0.3 is 9.30 Å². The van der Waals surface area contributed by atoms with Crippen LogP contribution in [0.2, 0.25) is 5.02 Å². The second-order valence-electron chi connectivity index (χ2n) is 6.18. The molecule has 1 atom stereocenters. The molecule has 3 nitrogen and oxygen atoms in total. The largest absolute Gasteiger partial charge is 0.376 e. The smallest absolute Gasteiger partial charge is 0.141 e. The zero-order valence-corrected chi connectivity index (χ0v) is 13.9. The first-order valence-corrected chi connectivity index (χ1v) is 8.43. The number of rotatable bonds is 3. The molecule has 0 N–H and O–H groups in total. The van der Waals surface area contributed by atoms with Crippen molar-refractivity contribution < 1.29 is 4.74 Å². The Balaban J connectivity index is 1.87. The average molecular weight is 327 g/mol. The van der Waals surface area contributed by atoms with Gasteiger partial charge in [-0.2, -0.15) is 0 Å². The van der Waals surface area contributed by atoms with Gasteiger partial charge in [-0.3, -0.25) is 0 Å². The normalized spacial score (nSPS) is 17.9. The summed E-state index contributed by atoms with van der Waals surface area (Å²) >= 11 is 6.15. The van der Waals surface area contributed by atoms with E-state index in [0.717, 1.165) is 53.4 Å². The zero-order valence-electron chi connectivity index (χ0n) is 13.1. The van der Waals surface area contributed by atoms with Crippen molar-refractivity contribution in [1.82, 2.24) is 9.55 Å². The maximum atomic E-state index is 6.15. The molecule has 3 aromatic rings. The monoisotopic (exact) mass is 326 g/mol. The highest BCUT2D eigenvalue weighted by Gasteiger charge is 2.20.